The molecule has 1 amide bonds. The number of nitrogens with zero attached hydrogens (tertiary/aromatic N) is 3. The zero-order valence-electron chi connectivity index (χ0n) is 17.5. The van der Waals surface area contributed by atoms with Gasteiger partial charge in [-0.15, -0.1) is 0 Å². The van der Waals surface area contributed by atoms with Crippen molar-refractivity contribution in [2.45, 2.75) is 33.9 Å². The molecule has 0 saturated carbocycles. The van der Waals surface area contributed by atoms with E-state index in [1.165, 1.54) is 5.56 Å². The van der Waals surface area contributed by atoms with Crippen LogP contribution in [0.15, 0.2) is 42.5 Å². The molecule has 0 aliphatic carbocycles. The summed E-state index contributed by atoms with van der Waals surface area (Å²) in [6, 6.07) is 14.1. The van der Waals surface area contributed by atoms with E-state index in [0.717, 1.165) is 22.4 Å². The summed E-state index contributed by atoms with van der Waals surface area (Å²) < 4.78 is 7.11. The van der Waals surface area contributed by atoms with Gasteiger partial charge in [-0.2, -0.15) is 5.10 Å². The minimum Gasteiger partial charge on any atom is -0.496 e. The van der Waals surface area contributed by atoms with Gasteiger partial charge in [-0.3, -0.25) is 4.79 Å². The number of carbonyl (C=O) groups is 1. The fourth-order valence-electron chi connectivity index (χ4n) is 3.32. The molecule has 2 aromatic carbocycles. The lowest BCUT2D eigenvalue weighted by Gasteiger charge is -2.19. The lowest BCUT2D eigenvalue weighted by atomic mass is 10.1. The molecule has 3 rings (SSSR count). The van der Waals surface area contributed by atoms with Gasteiger partial charge in [-0.1, -0.05) is 59.1 Å². The van der Waals surface area contributed by atoms with Gasteiger partial charge in [0.25, 0.3) is 5.91 Å². The van der Waals surface area contributed by atoms with Crippen molar-refractivity contribution in [3.05, 3.63) is 81.1 Å². The predicted octanol–water partition coefficient (Wildman–Crippen LogP) is 4.79. The minimum atomic E-state index is -0.161. The van der Waals surface area contributed by atoms with Gasteiger partial charge < -0.3 is 9.64 Å². The quantitative estimate of drug-likeness (QED) is 0.585. The number of hydrogen-bond donors (Lipinski definition) is 0. The summed E-state index contributed by atoms with van der Waals surface area (Å²) in [5.74, 6) is 0.597. The fourth-order valence-corrected chi connectivity index (χ4v) is 3.63. The third kappa shape index (κ3) is 4.62. The van der Waals surface area contributed by atoms with Crippen molar-refractivity contribution < 1.29 is 9.53 Å². The Morgan fingerprint density at radius 1 is 1.10 bits per heavy atom. The summed E-state index contributed by atoms with van der Waals surface area (Å²) in [6.07, 6.45) is 0. The van der Waals surface area contributed by atoms with Crippen LogP contribution in [0, 0.1) is 20.8 Å². The van der Waals surface area contributed by atoms with Crippen LogP contribution in [0.1, 0.15) is 38.3 Å². The number of rotatable bonds is 6. The van der Waals surface area contributed by atoms with Crippen LogP contribution in [0.2, 0.25) is 5.15 Å². The molecule has 0 fully saturated rings. The van der Waals surface area contributed by atoms with Crippen LogP contribution in [-0.4, -0.2) is 34.7 Å². The van der Waals surface area contributed by atoms with Gasteiger partial charge in [-0.05, 0) is 32.4 Å². The van der Waals surface area contributed by atoms with E-state index < -0.39 is 0 Å². The van der Waals surface area contributed by atoms with E-state index in [1.807, 2.05) is 51.1 Å². The van der Waals surface area contributed by atoms with Crippen LogP contribution < -0.4 is 4.74 Å². The number of aromatic nitrogens is 2. The van der Waals surface area contributed by atoms with Crippen molar-refractivity contribution in [3.63, 3.8) is 0 Å². The van der Waals surface area contributed by atoms with E-state index in [0.29, 0.717) is 29.5 Å². The Hall–Kier alpha value is -2.79. The van der Waals surface area contributed by atoms with E-state index >= 15 is 0 Å². The lowest BCUT2D eigenvalue weighted by molar-refractivity contribution is 0.0783. The number of hydrogen-bond acceptors (Lipinski definition) is 3. The molecular weight excluding hydrogens is 386 g/mol. The molecule has 1 heterocycles. The van der Waals surface area contributed by atoms with Crippen LogP contribution in [-0.2, 0) is 13.1 Å². The van der Waals surface area contributed by atoms with Crippen LogP contribution in [0.3, 0.4) is 0 Å². The van der Waals surface area contributed by atoms with Gasteiger partial charge in [0.2, 0.25) is 0 Å². The average Bonchev–Trinajstić information content (AvgIpc) is 2.96. The summed E-state index contributed by atoms with van der Waals surface area (Å²) in [6.45, 7) is 6.81. The number of halogens is 1. The van der Waals surface area contributed by atoms with Gasteiger partial charge in [0.15, 0.2) is 0 Å². The Kier molecular flexibility index (Phi) is 6.28. The minimum absolute atomic E-state index is 0.161. The Balaban J connectivity index is 1.83. The molecule has 29 heavy (non-hydrogen) atoms. The topological polar surface area (TPSA) is 47.4 Å². The molecule has 0 bridgehead atoms. The first-order chi connectivity index (χ1) is 13.8. The molecule has 0 saturated heterocycles. The molecule has 0 atom stereocenters. The molecule has 0 N–H and O–H groups in total. The highest BCUT2D eigenvalue weighted by Crippen LogP contribution is 2.25. The third-order valence-electron chi connectivity index (χ3n) is 4.92. The van der Waals surface area contributed by atoms with Crippen molar-refractivity contribution in [2.75, 3.05) is 14.2 Å². The smallest absolute Gasteiger partial charge is 0.258 e. The molecule has 152 valence electrons. The molecule has 0 aliphatic heterocycles. The highest BCUT2D eigenvalue weighted by molar-refractivity contribution is 6.33. The van der Waals surface area contributed by atoms with Crippen molar-refractivity contribution in [3.8, 4) is 5.75 Å². The molecule has 3 aromatic rings. The second-order valence-corrected chi connectivity index (χ2v) is 7.73. The van der Waals surface area contributed by atoms with Crippen LogP contribution >= 0.6 is 11.6 Å². The van der Waals surface area contributed by atoms with Crippen molar-refractivity contribution in [1.29, 1.82) is 0 Å². The molecule has 6 heteroatoms. The SMILES string of the molecule is COc1ccc(C)cc1CN(C)C(=O)c1c(C)nn(Cc2ccc(C)cc2)c1Cl. The Labute approximate surface area is 176 Å². The maximum Gasteiger partial charge on any atom is 0.258 e. The van der Waals surface area contributed by atoms with Gasteiger partial charge in [0.1, 0.15) is 10.9 Å². The number of ether oxygens (including phenoxy) is 1. The second-order valence-electron chi connectivity index (χ2n) is 7.37. The van der Waals surface area contributed by atoms with Crippen LogP contribution in [0.5, 0.6) is 5.75 Å². The summed E-state index contributed by atoms with van der Waals surface area (Å²) in [5.41, 5.74) is 5.39. The monoisotopic (exact) mass is 411 g/mol. The summed E-state index contributed by atoms with van der Waals surface area (Å²) in [7, 11) is 3.39. The number of carbonyl (C=O) groups excluding carboxylic acids is 1. The van der Waals surface area contributed by atoms with E-state index in [4.69, 9.17) is 16.3 Å². The molecule has 0 radical (unpaired) electrons. The zero-order valence-corrected chi connectivity index (χ0v) is 18.2. The highest BCUT2D eigenvalue weighted by atomic mass is 35.5. The fraction of sp³-hybridized carbons (Fsp3) is 0.304. The maximum absolute atomic E-state index is 13.1. The van der Waals surface area contributed by atoms with E-state index in [1.54, 1.807) is 23.7 Å². The van der Waals surface area contributed by atoms with Gasteiger partial charge in [0.05, 0.1) is 24.9 Å². The van der Waals surface area contributed by atoms with E-state index in [-0.39, 0.29) is 5.91 Å². The molecule has 5 nitrogen and oxygen atoms in total. The molecular formula is C23H26ClN3O2. The first-order valence-electron chi connectivity index (χ1n) is 9.47. The highest BCUT2D eigenvalue weighted by Gasteiger charge is 2.24. The number of methoxy groups -OCH3 is 1. The van der Waals surface area contributed by atoms with Crippen molar-refractivity contribution >= 4 is 17.5 Å². The third-order valence-corrected chi connectivity index (χ3v) is 5.31. The summed E-state index contributed by atoms with van der Waals surface area (Å²) >= 11 is 6.56. The largest absolute Gasteiger partial charge is 0.496 e. The average molecular weight is 412 g/mol. The summed E-state index contributed by atoms with van der Waals surface area (Å²) in [5, 5.41) is 4.86. The number of benzene rings is 2. The first-order valence-corrected chi connectivity index (χ1v) is 9.85. The number of aryl methyl sites for hydroxylation is 3. The summed E-state index contributed by atoms with van der Waals surface area (Å²) in [4.78, 5) is 14.8. The van der Waals surface area contributed by atoms with E-state index in [2.05, 4.69) is 17.2 Å². The van der Waals surface area contributed by atoms with Gasteiger partial charge in [0, 0.05) is 19.2 Å². The maximum atomic E-state index is 13.1. The lowest BCUT2D eigenvalue weighted by Crippen LogP contribution is -2.27. The van der Waals surface area contributed by atoms with Gasteiger partial charge in [-0.25, -0.2) is 4.68 Å². The molecule has 1 aromatic heterocycles. The van der Waals surface area contributed by atoms with Gasteiger partial charge >= 0.3 is 0 Å². The Morgan fingerprint density at radius 3 is 2.41 bits per heavy atom. The second kappa shape index (κ2) is 8.70. The van der Waals surface area contributed by atoms with Crippen LogP contribution in [0.25, 0.3) is 0 Å². The standard InChI is InChI=1S/C23H26ClN3O2/c1-15-6-9-18(10-7-15)13-27-22(24)21(17(3)25-27)23(28)26(4)14-19-12-16(2)8-11-20(19)29-5/h6-12H,13-14H2,1-5H3. The molecule has 0 spiro atoms. The normalized spacial score (nSPS) is 10.8. The first kappa shape index (κ1) is 20.9. The van der Waals surface area contributed by atoms with Crippen molar-refractivity contribution in [1.82, 2.24) is 14.7 Å². The Morgan fingerprint density at radius 2 is 1.76 bits per heavy atom. The van der Waals surface area contributed by atoms with Crippen molar-refractivity contribution in [2.24, 2.45) is 0 Å². The predicted molar refractivity (Wildman–Crippen MR) is 116 cm³/mol. The van der Waals surface area contributed by atoms with Crippen LogP contribution in [0.4, 0.5) is 0 Å². The molecule has 0 aliphatic rings. The zero-order chi connectivity index (χ0) is 21.1. The Bertz CT molecular complexity index is 1030. The number of amides is 1. The molecule has 0 unspecified atom stereocenters. The van der Waals surface area contributed by atoms with E-state index in [9.17, 15) is 4.79 Å².